The maximum absolute atomic E-state index is 12.9. The Hall–Kier alpha value is -3.99. The molecule has 1 atom stereocenters. The minimum atomic E-state index is -0.557. The van der Waals surface area contributed by atoms with E-state index < -0.39 is 11.9 Å². The summed E-state index contributed by atoms with van der Waals surface area (Å²) < 4.78 is 18.1. The molecule has 0 spiro atoms. The van der Waals surface area contributed by atoms with Gasteiger partial charge in [-0.3, -0.25) is 0 Å². The normalized spacial score (nSPS) is 14.6. The molecule has 0 saturated heterocycles. The van der Waals surface area contributed by atoms with E-state index in [-0.39, 0.29) is 11.6 Å². The molecule has 0 saturated carbocycles. The van der Waals surface area contributed by atoms with Crippen LogP contribution in [0.15, 0.2) is 78.2 Å². The molecule has 37 heavy (non-hydrogen) atoms. The molecular weight excluding hydrogens is 508 g/mol. The summed E-state index contributed by atoms with van der Waals surface area (Å²) in [5.41, 5.74) is 8.06. The molecule has 5 rings (SSSR count). The van der Waals surface area contributed by atoms with Crippen LogP contribution >= 0.6 is 22.9 Å². The summed E-state index contributed by atoms with van der Waals surface area (Å²) >= 11 is 7.72. The molecule has 1 aliphatic heterocycles. The van der Waals surface area contributed by atoms with Gasteiger partial charge in [0.15, 0.2) is 0 Å². The number of hydrogen-bond donors (Lipinski definition) is 1. The zero-order valence-electron chi connectivity index (χ0n) is 20.0. The average Bonchev–Trinajstić information content (AvgIpc) is 3.25. The summed E-state index contributed by atoms with van der Waals surface area (Å²) in [6, 6.07) is 22.4. The van der Waals surface area contributed by atoms with Gasteiger partial charge in [-0.1, -0.05) is 61.3 Å². The summed E-state index contributed by atoms with van der Waals surface area (Å²) in [5.74, 6) is 0.487. The molecule has 0 bridgehead atoms. The van der Waals surface area contributed by atoms with Crippen molar-refractivity contribution in [1.29, 1.82) is 5.26 Å². The fourth-order valence-corrected chi connectivity index (χ4v) is 5.62. The number of esters is 1. The molecule has 0 fully saturated rings. The number of nitriles is 1. The van der Waals surface area contributed by atoms with Crippen LogP contribution < -0.4 is 19.9 Å². The highest BCUT2D eigenvalue weighted by Crippen LogP contribution is 2.44. The molecule has 2 N–H and O–H groups in total. The second kappa shape index (κ2) is 10.6. The van der Waals surface area contributed by atoms with Crippen LogP contribution in [0.3, 0.4) is 0 Å². The van der Waals surface area contributed by atoms with Crippen LogP contribution in [0.4, 0.5) is 0 Å². The largest absolute Gasteiger partial charge is 0.494 e. The Bertz CT molecular complexity index is 1550. The van der Waals surface area contributed by atoms with E-state index in [1.165, 1.54) is 11.3 Å². The molecule has 1 aliphatic rings. The van der Waals surface area contributed by atoms with Gasteiger partial charge in [0.2, 0.25) is 5.88 Å². The number of unbranched alkanes of at least 4 members (excludes halogenated alkanes) is 1. The topological polar surface area (TPSA) is 94.6 Å². The molecule has 1 aromatic heterocycles. The number of nitrogens with two attached hydrogens (primary N) is 1. The molecule has 8 heteroatoms. The first-order chi connectivity index (χ1) is 18.0. The highest BCUT2D eigenvalue weighted by Gasteiger charge is 2.31. The number of thiophene rings is 1. The summed E-state index contributed by atoms with van der Waals surface area (Å²) in [6.45, 7) is 2.77. The van der Waals surface area contributed by atoms with E-state index in [2.05, 4.69) is 13.0 Å². The number of benzene rings is 3. The lowest BCUT2D eigenvalue weighted by Crippen LogP contribution is -2.21. The summed E-state index contributed by atoms with van der Waals surface area (Å²) in [5, 5.41) is 11.0. The third-order valence-corrected chi connectivity index (χ3v) is 7.76. The van der Waals surface area contributed by atoms with Gasteiger partial charge in [0, 0.05) is 21.7 Å². The van der Waals surface area contributed by atoms with E-state index >= 15 is 0 Å². The number of halogens is 1. The molecule has 2 heterocycles. The van der Waals surface area contributed by atoms with E-state index in [0.717, 1.165) is 39.8 Å². The first kappa shape index (κ1) is 24.7. The van der Waals surface area contributed by atoms with Crippen molar-refractivity contribution in [1.82, 2.24) is 0 Å². The second-order valence-corrected chi connectivity index (χ2v) is 9.96. The molecule has 0 aliphatic carbocycles. The molecule has 3 aromatic carbocycles. The predicted octanol–water partition coefficient (Wildman–Crippen LogP) is 7.17. The lowest BCUT2D eigenvalue weighted by molar-refractivity contribution is 0.0740. The monoisotopic (exact) mass is 530 g/mol. The van der Waals surface area contributed by atoms with Gasteiger partial charge in [0.1, 0.15) is 33.8 Å². The van der Waals surface area contributed by atoms with E-state index in [1.54, 1.807) is 18.2 Å². The number of rotatable bonds is 7. The molecule has 186 valence electrons. The SMILES string of the molecule is CCCCOc1ccc(C2C(C#N)=C(N)Oc3cc(OC(=O)c4sc5ccccc5c4Cl)ccc32)cc1. The lowest BCUT2D eigenvalue weighted by atomic mass is 9.83. The van der Waals surface area contributed by atoms with Crippen LogP contribution in [0.25, 0.3) is 10.1 Å². The van der Waals surface area contributed by atoms with Crippen molar-refractivity contribution in [3.05, 3.63) is 99.2 Å². The number of nitrogens with zero attached hydrogens (tertiary/aromatic N) is 1. The zero-order valence-corrected chi connectivity index (χ0v) is 21.6. The number of ether oxygens (including phenoxy) is 3. The van der Waals surface area contributed by atoms with Crippen LogP contribution in [0, 0.1) is 11.3 Å². The van der Waals surface area contributed by atoms with Crippen molar-refractivity contribution in [2.45, 2.75) is 25.7 Å². The van der Waals surface area contributed by atoms with Gasteiger partial charge in [-0.25, -0.2) is 4.79 Å². The zero-order chi connectivity index (χ0) is 25.9. The van der Waals surface area contributed by atoms with Crippen LogP contribution in [0.5, 0.6) is 17.2 Å². The third-order valence-electron chi connectivity index (χ3n) is 6.10. The quantitative estimate of drug-likeness (QED) is 0.154. The van der Waals surface area contributed by atoms with Crippen LogP contribution in [-0.4, -0.2) is 12.6 Å². The fourth-order valence-electron chi connectivity index (χ4n) is 4.23. The number of fused-ring (bicyclic) bond motifs is 2. The van der Waals surface area contributed by atoms with Crippen molar-refractivity contribution in [2.75, 3.05) is 6.61 Å². The predicted molar refractivity (Wildman–Crippen MR) is 144 cm³/mol. The van der Waals surface area contributed by atoms with E-state index in [1.807, 2.05) is 48.5 Å². The highest BCUT2D eigenvalue weighted by atomic mass is 35.5. The van der Waals surface area contributed by atoms with Crippen LogP contribution in [-0.2, 0) is 0 Å². The van der Waals surface area contributed by atoms with E-state index in [0.29, 0.717) is 27.8 Å². The fraction of sp³-hybridized carbons (Fsp3) is 0.172. The van der Waals surface area contributed by atoms with Crippen molar-refractivity contribution in [2.24, 2.45) is 5.73 Å². The van der Waals surface area contributed by atoms with Crippen molar-refractivity contribution in [3.63, 3.8) is 0 Å². The summed E-state index contributed by atoms with van der Waals surface area (Å²) in [6.07, 6.45) is 2.04. The van der Waals surface area contributed by atoms with Gasteiger partial charge < -0.3 is 19.9 Å². The van der Waals surface area contributed by atoms with E-state index in [4.69, 9.17) is 31.5 Å². The number of carbonyl (C=O) groups excluding carboxylic acids is 1. The van der Waals surface area contributed by atoms with Gasteiger partial charge in [-0.05, 0) is 36.2 Å². The standard InChI is InChI=1S/C29H23ClN2O4S/c1-2-3-14-34-18-10-8-17(9-11-18)25-20-13-12-19(15-23(20)36-28(32)22(25)16-31)35-29(33)27-26(30)21-6-4-5-7-24(21)37-27/h4-13,15,25H,2-3,14,32H2,1H3. The summed E-state index contributed by atoms with van der Waals surface area (Å²) in [4.78, 5) is 13.2. The Kier molecular flexibility index (Phi) is 7.04. The van der Waals surface area contributed by atoms with Crippen LogP contribution in [0.1, 0.15) is 46.5 Å². The van der Waals surface area contributed by atoms with Gasteiger partial charge in [0.05, 0.1) is 17.5 Å². The average molecular weight is 531 g/mol. The third kappa shape index (κ3) is 4.86. The Labute approximate surface area is 223 Å². The first-order valence-corrected chi connectivity index (χ1v) is 13.0. The Morgan fingerprint density at radius 2 is 1.89 bits per heavy atom. The van der Waals surface area contributed by atoms with Crippen molar-refractivity contribution < 1.29 is 19.0 Å². The van der Waals surface area contributed by atoms with Crippen molar-refractivity contribution >= 4 is 39.0 Å². The number of allylic oxidation sites excluding steroid dienone is 1. The maximum atomic E-state index is 12.9. The van der Waals surface area contributed by atoms with Gasteiger partial charge in [0.25, 0.3) is 0 Å². The first-order valence-electron chi connectivity index (χ1n) is 11.8. The Morgan fingerprint density at radius 1 is 1.14 bits per heavy atom. The van der Waals surface area contributed by atoms with Crippen molar-refractivity contribution in [3.8, 4) is 23.3 Å². The molecular formula is C29H23ClN2O4S. The van der Waals surface area contributed by atoms with Gasteiger partial charge >= 0.3 is 5.97 Å². The minimum Gasteiger partial charge on any atom is -0.494 e. The smallest absolute Gasteiger partial charge is 0.355 e. The molecule has 0 radical (unpaired) electrons. The van der Waals surface area contributed by atoms with Gasteiger partial charge in [-0.15, -0.1) is 11.3 Å². The highest BCUT2D eigenvalue weighted by molar-refractivity contribution is 7.21. The molecule has 6 nitrogen and oxygen atoms in total. The maximum Gasteiger partial charge on any atom is 0.355 e. The molecule has 1 unspecified atom stereocenters. The summed E-state index contributed by atoms with van der Waals surface area (Å²) in [7, 11) is 0. The number of carbonyl (C=O) groups is 1. The lowest BCUT2D eigenvalue weighted by Gasteiger charge is -2.26. The van der Waals surface area contributed by atoms with Gasteiger partial charge in [-0.2, -0.15) is 5.26 Å². The minimum absolute atomic E-state index is 0.0132. The van der Waals surface area contributed by atoms with E-state index in [9.17, 15) is 10.1 Å². The number of hydrogen-bond acceptors (Lipinski definition) is 7. The second-order valence-electron chi connectivity index (χ2n) is 8.53. The Balaban J connectivity index is 1.42. The molecule has 4 aromatic rings. The Morgan fingerprint density at radius 3 is 2.62 bits per heavy atom. The molecule has 0 amide bonds. The van der Waals surface area contributed by atoms with Crippen LogP contribution in [0.2, 0.25) is 5.02 Å².